The Kier molecular flexibility index (Phi) is 2.53. The van der Waals surface area contributed by atoms with Crippen molar-refractivity contribution in [3.05, 3.63) is 34.4 Å². The van der Waals surface area contributed by atoms with Gasteiger partial charge in [-0.2, -0.15) is 0 Å². The molecule has 0 spiro atoms. The Morgan fingerprint density at radius 3 is 1.69 bits per heavy atom. The molecular weight excluding hydrogens is 192 g/mol. The highest BCUT2D eigenvalue weighted by Crippen LogP contribution is 2.34. The molecule has 0 aromatic heterocycles. The van der Waals surface area contributed by atoms with E-state index in [0.29, 0.717) is 0 Å². The van der Waals surface area contributed by atoms with Crippen molar-refractivity contribution < 1.29 is 0 Å². The van der Waals surface area contributed by atoms with Gasteiger partial charge in [0.1, 0.15) is 0 Å². The molecule has 2 aliphatic rings. The first kappa shape index (κ1) is 10.4. The van der Waals surface area contributed by atoms with E-state index >= 15 is 0 Å². The molecule has 0 radical (unpaired) electrons. The van der Waals surface area contributed by atoms with Gasteiger partial charge in [-0.3, -0.25) is 0 Å². The third kappa shape index (κ3) is 1.69. The van der Waals surface area contributed by atoms with Crippen molar-refractivity contribution in [2.45, 2.75) is 52.4 Å². The molecule has 2 aliphatic carbocycles. The van der Waals surface area contributed by atoms with Crippen LogP contribution < -0.4 is 0 Å². The van der Waals surface area contributed by atoms with E-state index in [9.17, 15) is 0 Å². The van der Waals surface area contributed by atoms with Gasteiger partial charge in [0.25, 0.3) is 0 Å². The fraction of sp³-hybridized carbons (Fsp3) is 0.625. The average Bonchev–Trinajstić information content (AvgIpc) is 2.28. The highest BCUT2D eigenvalue weighted by Gasteiger charge is 2.23. The molecule has 1 aromatic rings. The van der Waals surface area contributed by atoms with Crippen LogP contribution in [0.2, 0.25) is 0 Å². The van der Waals surface area contributed by atoms with E-state index in [1.165, 1.54) is 38.5 Å². The van der Waals surface area contributed by atoms with Gasteiger partial charge in [-0.15, -0.1) is 0 Å². The second-order valence-electron chi connectivity index (χ2n) is 6.04. The van der Waals surface area contributed by atoms with Crippen LogP contribution in [0.4, 0.5) is 0 Å². The number of hydrogen-bond acceptors (Lipinski definition) is 0. The molecule has 0 bridgehead atoms. The minimum Gasteiger partial charge on any atom is -0.0622 e. The molecule has 1 aromatic carbocycles. The monoisotopic (exact) mass is 214 g/mol. The zero-order chi connectivity index (χ0) is 11.1. The van der Waals surface area contributed by atoms with E-state index in [2.05, 4.69) is 26.0 Å². The molecule has 0 amide bonds. The third-order valence-electron chi connectivity index (χ3n) is 4.54. The van der Waals surface area contributed by atoms with Crippen molar-refractivity contribution >= 4 is 0 Å². The van der Waals surface area contributed by atoms with Gasteiger partial charge in [0.15, 0.2) is 0 Å². The van der Waals surface area contributed by atoms with Crippen molar-refractivity contribution in [3.8, 4) is 0 Å². The number of benzene rings is 1. The second-order valence-corrected chi connectivity index (χ2v) is 6.04. The van der Waals surface area contributed by atoms with E-state index in [-0.39, 0.29) is 0 Å². The molecule has 0 fully saturated rings. The van der Waals surface area contributed by atoms with Crippen LogP contribution in [0.3, 0.4) is 0 Å². The summed E-state index contributed by atoms with van der Waals surface area (Å²) in [6, 6.07) is 4.84. The minimum absolute atomic E-state index is 0.896. The Hall–Kier alpha value is -0.780. The second kappa shape index (κ2) is 3.91. The summed E-state index contributed by atoms with van der Waals surface area (Å²) in [7, 11) is 0. The molecule has 0 aliphatic heterocycles. The van der Waals surface area contributed by atoms with Crippen LogP contribution in [0.5, 0.6) is 0 Å². The molecule has 0 heterocycles. The van der Waals surface area contributed by atoms with Crippen LogP contribution in [-0.2, 0) is 25.7 Å². The Morgan fingerprint density at radius 1 is 0.812 bits per heavy atom. The molecule has 2 unspecified atom stereocenters. The Labute approximate surface area is 99.1 Å². The van der Waals surface area contributed by atoms with E-state index in [4.69, 9.17) is 0 Å². The van der Waals surface area contributed by atoms with Gasteiger partial charge < -0.3 is 0 Å². The fourth-order valence-corrected chi connectivity index (χ4v) is 3.53. The van der Waals surface area contributed by atoms with Gasteiger partial charge in [-0.25, -0.2) is 0 Å². The largest absolute Gasteiger partial charge is 0.0622 e. The first-order chi connectivity index (χ1) is 7.74. The molecule has 86 valence electrons. The zero-order valence-electron chi connectivity index (χ0n) is 10.6. The van der Waals surface area contributed by atoms with E-state index in [1.54, 1.807) is 22.3 Å². The maximum atomic E-state index is 2.42. The highest BCUT2D eigenvalue weighted by atomic mass is 14.3. The third-order valence-corrected chi connectivity index (χ3v) is 4.54. The Morgan fingerprint density at radius 2 is 1.25 bits per heavy atom. The molecule has 3 rings (SSSR count). The van der Waals surface area contributed by atoms with Crippen LogP contribution >= 0.6 is 0 Å². The predicted molar refractivity (Wildman–Crippen MR) is 68.8 cm³/mol. The van der Waals surface area contributed by atoms with Gasteiger partial charge in [0.05, 0.1) is 0 Å². The molecular formula is C16H22. The smallest absolute Gasteiger partial charge is 0.0250 e. The molecule has 2 atom stereocenters. The summed E-state index contributed by atoms with van der Waals surface area (Å²) in [5.41, 5.74) is 6.80. The van der Waals surface area contributed by atoms with Gasteiger partial charge in [0.2, 0.25) is 0 Å². The van der Waals surface area contributed by atoms with Crippen LogP contribution in [0.1, 0.15) is 48.9 Å². The van der Waals surface area contributed by atoms with Crippen LogP contribution in [0.25, 0.3) is 0 Å². The van der Waals surface area contributed by atoms with E-state index < -0.39 is 0 Å². The topological polar surface area (TPSA) is 0 Å². The lowest BCUT2D eigenvalue weighted by molar-refractivity contribution is 0.476. The van der Waals surface area contributed by atoms with Crippen molar-refractivity contribution in [1.29, 1.82) is 0 Å². The lowest BCUT2D eigenvalue weighted by Crippen LogP contribution is -2.19. The summed E-state index contributed by atoms with van der Waals surface area (Å²) in [6.07, 6.45) is 8.12. The molecule has 0 saturated heterocycles. The highest BCUT2D eigenvalue weighted by molar-refractivity contribution is 5.44. The molecule has 0 N–H and O–H groups in total. The first-order valence-electron chi connectivity index (χ1n) is 6.86. The minimum atomic E-state index is 0.896. The summed E-state index contributed by atoms with van der Waals surface area (Å²) in [5, 5.41) is 0. The summed E-state index contributed by atoms with van der Waals surface area (Å²) >= 11 is 0. The first-order valence-corrected chi connectivity index (χ1v) is 6.86. The Balaban J connectivity index is 2.03. The van der Waals surface area contributed by atoms with Gasteiger partial charge in [-0.05, 0) is 72.6 Å². The SMILES string of the molecule is CC1CCc2c(ccc3c2CCC(C)C3)C1. The van der Waals surface area contributed by atoms with Gasteiger partial charge in [0, 0.05) is 0 Å². The lowest BCUT2D eigenvalue weighted by atomic mass is 9.76. The maximum absolute atomic E-state index is 2.42. The van der Waals surface area contributed by atoms with Crippen molar-refractivity contribution in [3.63, 3.8) is 0 Å². The Bertz CT molecular complexity index is 364. The van der Waals surface area contributed by atoms with E-state index in [1.807, 2.05) is 0 Å². The average molecular weight is 214 g/mol. The predicted octanol–water partition coefficient (Wildman–Crippen LogP) is 3.94. The summed E-state index contributed by atoms with van der Waals surface area (Å²) in [5.74, 6) is 1.79. The van der Waals surface area contributed by atoms with Gasteiger partial charge >= 0.3 is 0 Å². The standard InChI is InChI=1S/C16H22/c1-11-3-7-15-13(9-11)5-6-14-10-12(2)4-8-16(14)15/h5-6,11-12H,3-4,7-10H2,1-2H3. The summed E-state index contributed by atoms with van der Waals surface area (Å²) < 4.78 is 0. The van der Waals surface area contributed by atoms with Gasteiger partial charge in [-0.1, -0.05) is 26.0 Å². The lowest BCUT2D eigenvalue weighted by Gasteiger charge is -2.29. The van der Waals surface area contributed by atoms with Crippen molar-refractivity contribution in [1.82, 2.24) is 0 Å². The van der Waals surface area contributed by atoms with Crippen LogP contribution in [-0.4, -0.2) is 0 Å². The fourth-order valence-electron chi connectivity index (χ4n) is 3.53. The maximum Gasteiger partial charge on any atom is -0.0250 e. The zero-order valence-corrected chi connectivity index (χ0v) is 10.6. The molecule has 0 nitrogen and oxygen atoms in total. The van der Waals surface area contributed by atoms with Crippen LogP contribution in [0, 0.1) is 11.8 Å². The normalized spacial score (nSPS) is 28.4. The number of fused-ring (bicyclic) bond motifs is 3. The summed E-state index contributed by atoms with van der Waals surface area (Å²) in [6.45, 7) is 4.79. The van der Waals surface area contributed by atoms with Crippen molar-refractivity contribution in [2.24, 2.45) is 11.8 Å². The molecule has 16 heavy (non-hydrogen) atoms. The van der Waals surface area contributed by atoms with Crippen LogP contribution in [0.15, 0.2) is 12.1 Å². The molecule has 0 heteroatoms. The summed E-state index contributed by atoms with van der Waals surface area (Å²) in [4.78, 5) is 0. The number of hydrogen-bond donors (Lipinski definition) is 0. The quantitative estimate of drug-likeness (QED) is 0.613. The number of rotatable bonds is 0. The van der Waals surface area contributed by atoms with E-state index in [0.717, 1.165) is 11.8 Å². The molecule has 0 saturated carbocycles. The van der Waals surface area contributed by atoms with Crippen molar-refractivity contribution in [2.75, 3.05) is 0 Å².